The maximum absolute atomic E-state index is 9.50. The molecule has 0 aliphatic heterocycles. The van der Waals surface area contributed by atoms with E-state index in [1.807, 2.05) is 0 Å². The van der Waals surface area contributed by atoms with E-state index in [1.165, 1.54) is 4.57 Å². The van der Waals surface area contributed by atoms with E-state index < -0.39 is 66.5 Å². The highest BCUT2D eigenvalue weighted by Gasteiger charge is 2.21. The van der Waals surface area contributed by atoms with Crippen LogP contribution in [-0.4, -0.2) is 19.5 Å². The Kier molecular flexibility index (Phi) is 3.72. The quantitative estimate of drug-likeness (QED) is 0.185. The molecule has 0 amide bonds. The van der Waals surface area contributed by atoms with Crippen molar-refractivity contribution in [2.75, 3.05) is 0 Å². The molecule has 51 heavy (non-hydrogen) atoms. The van der Waals surface area contributed by atoms with Crippen molar-refractivity contribution in [1.29, 1.82) is 0 Å². The molecule has 0 unspecified atom stereocenters. The molecule has 0 bridgehead atoms. The van der Waals surface area contributed by atoms with Gasteiger partial charge in [-0.2, -0.15) is 9.97 Å². The Morgan fingerprint density at radius 2 is 1.29 bits per heavy atom. The summed E-state index contributed by atoms with van der Waals surface area (Å²) in [6.07, 6.45) is 0. The van der Waals surface area contributed by atoms with E-state index in [2.05, 4.69) is 0 Å². The van der Waals surface area contributed by atoms with Crippen LogP contribution in [0.3, 0.4) is 0 Å². The lowest BCUT2D eigenvalue weighted by atomic mass is 9.99. The fourth-order valence-electron chi connectivity index (χ4n) is 6.69. The summed E-state index contributed by atoms with van der Waals surface area (Å²) in [7, 11) is 0. The zero-order valence-electron chi connectivity index (χ0n) is 41.0. The van der Waals surface area contributed by atoms with Crippen LogP contribution in [0.2, 0.25) is 0 Å². The van der Waals surface area contributed by atoms with Gasteiger partial charge in [-0.1, -0.05) is 115 Å². The van der Waals surface area contributed by atoms with E-state index in [-0.39, 0.29) is 89.3 Å². The summed E-state index contributed by atoms with van der Waals surface area (Å²) in [5.41, 5.74) is 1.78. The Morgan fingerprint density at radius 1 is 0.510 bits per heavy atom. The van der Waals surface area contributed by atoms with Crippen molar-refractivity contribution in [3.05, 3.63) is 157 Å². The molecule has 11 aromatic rings. The van der Waals surface area contributed by atoms with Crippen LogP contribution >= 0.6 is 11.3 Å². The smallest absolute Gasteiger partial charge is 0.238 e. The topological polar surface area (TPSA) is 56.7 Å². The number of para-hydroxylation sites is 1. The molecule has 5 nitrogen and oxygen atoms in total. The predicted octanol–water partition coefficient (Wildman–Crippen LogP) is 12.2. The summed E-state index contributed by atoms with van der Waals surface area (Å²) in [4.78, 5) is 14.6. The molecule has 238 valence electrons. The van der Waals surface area contributed by atoms with E-state index in [0.717, 1.165) is 11.3 Å². The maximum Gasteiger partial charge on any atom is 0.238 e. The van der Waals surface area contributed by atoms with Crippen molar-refractivity contribution in [2.24, 2.45) is 0 Å². The third-order valence-electron chi connectivity index (χ3n) is 8.86. The van der Waals surface area contributed by atoms with E-state index in [9.17, 15) is 5.48 Å². The number of furan rings is 1. The molecule has 0 radical (unpaired) electrons. The van der Waals surface area contributed by atoms with Crippen LogP contribution in [0.25, 0.3) is 104 Å². The van der Waals surface area contributed by atoms with Crippen molar-refractivity contribution in [3.63, 3.8) is 0 Å². The highest BCUT2D eigenvalue weighted by molar-refractivity contribution is 7.26. The second-order valence-electron chi connectivity index (χ2n) is 11.7. The number of rotatable bonds is 4. The third-order valence-corrected chi connectivity index (χ3v) is 9.88. The van der Waals surface area contributed by atoms with Gasteiger partial charge in [-0.15, -0.1) is 11.3 Å². The molecule has 4 heterocycles. The third kappa shape index (κ3) is 4.30. The highest BCUT2D eigenvalue weighted by Crippen LogP contribution is 2.43. The number of aromatic nitrogens is 4. The van der Waals surface area contributed by atoms with Gasteiger partial charge >= 0.3 is 0 Å². The average Bonchev–Trinajstić information content (AvgIpc) is 4.03. The first kappa shape index (κ1) is 17.3. The van der Waals surface area contributed by atoms with Crippen molar-refractivity contribution in [2.45, 2.75) is 0 Å². The van der Waals surface area contributed by atoms with Gasteiger partial charge < -0.3 is 4.42 Å². The number of fused-ring (bicyclic) bond motifs is 10. The molecule has 0 fully saturated rings. The Bertz CT molecular complexity index is 3990. The standard InChI is InChI=1S/C45H26N4OS/c1-3-12-27(13-4-1)30-18-11-20-36-40(30)32-23-22-29(26-37(32)50-36)44-46-43(28-14-5-2-6-15-28)47-45(48-44)49-34-19-9-7-16-31(34)41-35(49)24-25-39-42(41)33-17-8-10-21-38(33)51-39/h1-26H/i1D,3D,4D,7D,8D,9D,10D,12D,13D,16D,17D,19D,21D,24D,25D. The molecule has 0 atom stereocenters. The Balaban J connectivity index is 1.24. The summed E-state index contributed by atoms with van der Waals surface area (Å²) >= 11 is 0.904. The summed E-state index contributed by atoms with van der Waals surface area (Å²) in [5, 5.41) is 1.22. The lowest BCUT2D eigenvalue weighted by Gasteiger charge is -2.11. The zero-order valence-corrected chi connectivity index (χ0v) is 26.8. The molecule has 0 saturated heterocycles. The van der Waals surface area contributed by atoms with Crippen LogP contribution < -0.4 is 0 Å². The van der Waals surface area contributed by atoms with E-state index in [1.54, 1.807) is 66.7 Å². The molecular weight excluding hydrogens is 645 g/mol. The summed E-state index contributed by atoms with van der Waals surface area (Å²) in [6.45, 7) is 0. The fraction of sp³-hybridized carbons (Fsp3) is 0. The highest BCUT2D eigenvalue weighted by atomic mass is 32.1. The first-order valence-electron chi connectivity index (χ1n) is 23.2. The molecule has 0 aliphatic carbocycles. The molecular formula is C45H26N4OS. The second kappa shape index (κ2) is 10.9. The van der Waals surface area contributed by atoms with Crippen molar-refractivity contribution >= 4 is 75.3 Å². The van der Waals surface area contributed by atoms with Gasteiger partial charge in [-0.3, -0.25) is 4.57 Å². The molecule has 0 saturated carbocycles. The number of nitrogens with zero attached hydrogens (tertiary/aromatic N) is 4. The molecule has 6 heteroatoms. The van der Waals surface area contributed by atoms with Crippen LogP contribution in [0, 0.1) is 0 Å². The van der Waals surface area contributed by atoms with Crippen LogP contribution in [-0.2, 0) is 0 Å². The molecule has 11 rings (SSSR count). The monoisotopic (exact) mass is 685 g/mol. The van der Waals surface area contributed by atoms with Gasteiger partial charge in [0.25, 0.3) is 0 Å². The van der Waals surface area contributed by atoms with Crippen LogP contribution in [0.15, 0.2) is 162 Å². The lowest BCUT2D eigenvalue weighted by Crippen LogP contribution is -2.06. The minimum atomic E-state index is -0.599. The van der Waals surface area contributed by atoms with Crippen LogP contribution in [0.4, 0.5) is 0 Å². The zero-order chi connectivity index (χ0) is 46.5. The van der Waals surface area contributed by atoms with Gasteiger partial charge in [-0.05, 0) is 53.5 Å². The normalized spacial score (nSPS) is 16.0. The number of hydrogen-bond donors (Lipinski definition) is 0. The number of benzene rings is 7. The fourth-order valence-corrected chi connectivity index (χ4v) is 7.66. The second-order valence-corrected chi connectivity index (χ2v) is 12.7. The van der Waals surface area contributed by atoms with Crippen molar-refractivity contribution in [3.8, 4) is 39.9 Å². The van der Waals surface area contributed by atoms with E-state index in [4.69, 9.17) is 34.4 Å². The van der Waals surface area contributed by atoms with Crippen LogP contribution in [0.1, 0.15) is 20.6 Å². The maximum atomic E-state index is 9.50. The predicted molar refractivity (Wildman–Crippen MR) is 211 cm³/mol. The van der Waals surface area contributed by atoms with Crippen molar-refractivity contribution < 1.29 is 25.0 Å². The Labute approximate surface area is 316 Å². The summed E-state index contributed by atoms with van der Waals surface area (Å²) in [6, 6.07) is 12.1. The lowest BCUT2D eigenvalue weighted by molar-refractivity contribution is 0.669. The first-order chi connectivity index (χ1) is 31.5. The summed E-state index contributed by atoms with van der Waals surface area (Å²) < 4.78 is 139. The van der Waals surface area contributed by atoms with Gasteiger partial charge in [-0.25, -0.2) is 4.98 Å². The largest absolute Gasteiger partial charge is 0.456 e. The van der Waals surface area contributed by atoms with Crippen LogP contribution in [0.5, 0.6) is 0 Å². The summed E-state index contributed by atoms with van der Waals surface area (Å²) in [5.74, 6) is 0.0101. The van der Waals surface area contributed by atoms with Gasteiger partial charge in [0.05, 0.1) is 31.6 Å². The molecule has 0 aliphatic rings. The average molecular weight is 686 g/mol. The number of thiophene rings is 1. The minimum absolute atomic E-state index is 0.00909. The number of hydrogen-bond acceptors (Lipinski definition) is 5. The van der Waals surface area contributed by atoms with Gasteiger partial charge in [0.15, 0.2) is 11.6 Å². The molecule has 0 N–H and O–H groups in total. The van der Waals surface area contributed by atoms with Gasteiger partial charge in [0.1, 0.15) is 11.2 Å². The Hall–Kier alpha value is -6.63. The van der Waals surface area contributed by atoms with Gasteiger partial charge in [0.2, 0.25) is 5.95 Å². The minimum Gasteiger partial charge on any atom is -0.456 e. The van der Waals surface area contributed by atoms with Gasteiger partial charge in [0, 0.05) is 52.8 Å². The Morgan fingerprint density at radius 3 is 2.18 bits per heavy atom. The molecule has 0 spiro atoms. The van der Waals surface area contributed by atoms with E-state index in [0.29, 0.717) is 38.6 Å². The molecule has 4 aromatic heterocycles. The molecule has 7 aromatic carbocycles. The van der Waals surface area contributed by atoms with E-state index >= 15 is 0 Å². The first-order valence-corrected chi connectivity index (χ1v) is 16.5. The van der Waals surface area contributed by atoms with Crippen molar-refractivity contribution in [1.82, 2.24) is 19.5 Å². The SMILES string of the molecule is [2H]c1c([2H])c([2H])c(-c2cccc3oc4cc(-c5nc(-c6ccccc6)nc(-n6c7c([2H])c([2H])c([2H])c([2H])c7c7c8c(sc9c([2H])c([2H])c([2H])c([2H])c98)c([2H])c([2H])c76)n5)ccc4c23)c([2H])c1[2H].